The lowest BCUT2D eigenvalue weighted by molar-refractivity contribution is -0.117. The molecule has 1 amide bonds. The molecular formula is C25H26N8O. The van der Waals surface area contributed by atoms with Crippen molar-refractivity contribution in [1.29, 1.82) is 0 Å². The molecule has 1 aliphatic carbocycles. The highest BCUT2D eigenvalue weighted by molar-refractivity contribution is 5.98. The molecule has 4 aromatic heterocycles. The van der Waals surface area contributed by atoms with Crippen LogP contribution >= 0.6 is 0 Å². The SMILES string of the molecule is C=C(NC)c1cc(C)c(-c2cc3cc(NC(=O)[C@@H]4C[C@H]4c4cnn(C)c4)ncc3c(N)n2)cn1. The van der Waals surface area contributed by atoms with E-state index in [1.807, 2.05) is 51.6 Å². The summed E-state index contributed by atoms with van der Waals surface area (Å²) in [6, 6.07) is 5.73. The number of nitrogen functional groups attached to an aromatic ring is 1. The van der Waals surface area contributed by atoms with Crippen LogP contribution in [0.4, 0.5) is 11.6 Å². The molecule has 34 heavy (non-hydrogen) atoms. The number of pyridine rings is 3. The first-order chi connectivity index (χ1) is 16.3. The predicted molar refractivity (Wildman–Crippen MR) is 133 cm³/mol. The van der Waals surface area contributed by atoms with Crippen LogP contribution in [0.3, 0.4) is 0 Å². The normalized spacial score (nSPS) is 16.9. The Morgan fingerprint density at radius 2 is 2.03 bits per heavy atom. The van der Waals surface area contributed by atoms with E-state index in [1.54, 1.807) is 17.1 Å². The first-order valence-corrected chi connectivity index (χ1v) is 11.0. The van der Waals surface area contributed by atoms with Gasteiger partial charge in [-0.25, -0.2) is 9.97 Å². The van der Waals surface area contributed by atoms with Crippen molar-refractivity contribution in [3.05, 3.63) is 66.4 Å². The molecule has 1 aliphatic rings. The lowest BCUT2D eigenvalue weighted by atomic mass is 10.0. The number of nitrogens with one attached hydrogen (secondary N) is 2. The van der Waals surface area contributed by atoms with Crippen molar-refractivity contribution in [2.45, 2.75) is 19.3 Å². The first-order valence-electron chi connectivity index (χ1n) is 11.0. The highest BCUT2D eigenvalue weighted by atomic mass is 16.2. The third-order valence-corrected chi connectivity index (χ3v) is 6.27. The van der Waals surface area contributed by atoms with Gasteiger partial charge in [-0.15, -0.1) is 0 Å². The van der Waals surface area contributed by atoms with Gasteiger partial charge in [0.25, 0.3) is 0 Å². The molecule has 1 fully saturated rings. The zero-order valence-corrected chi connectivity index (χ0v) is 19.3. The van der Waals surface area contributed by atoms with Gasteiger partial charge in [-0.3, -0.25) is 14.5 Å². The van der Waals surface area contributed by atoms with Crippen LogP contribution in [0.15, 0.2) is 49.6 Å². The molecule has 5 rings (SSSR count). The number of carbonyl (C=O) groups is 1. The van der Waals surface area contributed by atoms with Crippen LogP contribution in [0.25, 0.3) is 27.7 Å². The minimum Gasteiger partial charge on any atom is -0.387 e. The van der Waals surface area contributed by atoms with Crippen LogP contribution in [-0.4, -0.2) is 37.7 Å². The number of hydrogen-bond donors (Lipinski definition) is 3. The fraction of sp³-hybridized carbons (Fsp3) is 0.240. The zero-order chi connectivity index (χ0) is 24.0. The van der Waals surface area contributed by atoms with Gasteiger partial charge in [0.1, 0.15) is 11.6 Å². The number of anilines is 2. The number of amides is 1. The van der Waals surface area contributed by atoms with Crippen LogP contribution in [0.1, 0.15) is 29.2 Å². The molecule has 2 atom stereocenters. The quantitative estimate of drug-likeness (QED) is 0.409. The average molecular weight is 455 g/mol. The second-order valence-electron chi connectivity index (χ2n) is 8.68. The number of nitrogens with zero attached hydrogens (tertiary/aromatic N) is 5. The second-order valence-corrected chi connectivity index (χ2v) is 8.68. The summed E-state index contributed by atoms with van der Waals surface area (Å²) < 4.78 is 1.76. The van der Waals surface area contributed by atoms with Gasteiger partial charge in [-0.1, -0.05) is 6.58 Å². The highest BCUT2D eigenvalue weighted by Crippen LogP contribution is 2.47. The monoisotopic (exact) mass is 454 g/mol. The van der Waals surface area contributed by atoms with Crippen LogP contribution in [0.2, 0.25) is 0 Å². The maximum atomic E-state index is 12.8. The topological polar surface area (TPSA) is 124 Å². The standard InChI is InChI=1S/C25H26N8O/c1-13-5-21(14(2)27-3)28-10-19(13)22-6-15-7-23(29-11-20(15)24(26)31-22)32-25(34)18-8-17(18)16-9-30-33(4)12-16/h5-7,9-12,17-18,27H,2,8H2,1,3-4H3,(H2,26,31)(H,29,32,34)/t17-,18+/m0/s1. The minimum atomic E-state index is -0.0700. The Labute approximate surface area is 197 Å². The largest absolute Gasteiger partial charge is 0.387 e. The van der Waals surface area contributed by atoms with Crippen molar-refractivity contribution < 1.29 is 4.79 Å². The Hall–Kier alpha value is -4.27. The summed E-state index contributed by atoms with van der Waals surface area (Å²) >= 11 is 0. The average Bonchev–Trinajstić information content (AvgIpc) is 3.51. The van der Waals surface area contributed by atoms with E-state index in [4.69, 9.17) is 5.73 Å². The van der Waals surface area contributed by atoms with Gasteiger partial charge < -0.3 is 16.4 Å². The molecule has 9 nitrogen and oxygen atoms in total. The molecule has 0 spiro atoms. The molecule has 4 N–H and O–H groups in total. The van der Waals surface area contributed by atoms with Crippen molar-refractivity contribution in [1.82, 2.24) is 30.0 Å². The molecule has 0 bridgehead atoms. The number of nitrogens with two attached hydrogens (primary N) is 1. The number of carbonyl (C=O) groups excluding carboxylic acids is 1. The van der Waals surface area contributed by atoms with Crippen molar-refractivity contribution in [2.75, 3.05) is 18.1 Å². The molecule has 1 saturated carbocycles. The van der Waals surface area contributed by atoms with Gasteiger partial charge in [-0.2, -0.15) is 5.10 Å². The van der Waals surface area contributed by atoms with E-state index in [-0.39, 0.29) is 17.7 Å². The summed E-state index contributed by atoms with van der Waals surface area (Å²) in [6.07, 6.45) is 8.02. The number of aryl methyl sites for hydroxylation is 2. The zero-order valence-electron chi connectivity index (χ0n) is 19.3. The highest BCUT2D eigenvalue weighted by Gasteiger charge is 2.44. The Kier molecular flexibility index (Phi) is 5.24. The summed E-state index contributed by atoms with van der Waals surface area (Å²) in [5.41, 5.74) is 11.4. The van der Waals surface area contributed by atoms with Crippen LogP contribution in [0.5, 0.6) is 0 Å². The summed E-state index contributed by atoms with van der Waals surface area (Å²) in [7, 11) is 3.69. The third-order valence-electron chi connectivity index (χ3n) is 6.27. The van der Waals surface area contributed by atoms with E-state index >= 15 is 0 Å². The van der Waals surface area contributed by atoms with E-state index in [0.29, 0.717) is 17.3 Å². The lowest BCUT2D eigenvalue weighted by Crippen LogP contribution is -2.15. The summed E-state index contributed by atoms with van der Waals surface area (Å²) in [5.74, 6) is 0.960. The molecule has 9 heteroatoms. The van der Waals surface area contributed by atoms with E-state index in [2.05, 4.69) is 37.3 Å². The minimum absolute atomic E-state index is 0.0386. The van der Waals surface area contributed by atoms with E-state index in [0.717, 1.165) is 45.3 Å². The molecule has 0 saturated heterocycles. The van der Waals surface area contributed by atoms with Crippen molar-refractivity contribution >= 4 is 34.0 Å². The fourth-order valence-corrected chi connectivity index (χ4v) is 4.20. The molecule has 0 radical (unpaired) electrons. The van der Waals surface area contributed by atoms with Crippen LogP contribution in [-0.2, 0) is 11.8 Å². The fourth-order valence-electron chi connectivity index (χ4n) is 4.20. The first kappa shape index (κ1) is 21.6. The number of fused-ring (bicyclic) bond motifs is 1. The van der Waals surface area contributed by atoms with Gasteiger partial charge >= 0.3 is 0 Å². The molecule has 4 heterocycles. The molecule has 172 valence electrons. The Morgan fingerprint density at radius 1 is 1.21 bits per heavy atom. The molecule has 4 aromatic rings. The van der Waals surface area contributed by atoms with E-state index in [1.165, 1.54) is 0 Å². The van der Waals surface area contributed by atoms with Crippen LogP contribution in [0, 0.1) is 12.8 Å². The molecule has 0 aromatic carbocycles. The van der Waals surface area contributed by atoms with Crippen molar-refractivity contribution in [3.63, 3.8) is 0 Å². The maximum Gasteiger partial charge on any atom is 0.229 e. The van der Waals surface area contributed by atoms with E-state index in [9.17, 15) is 4.79 Å². The predicted octanol–water partition coefficient (Wildman–Crippen LogP) is 3.25. The van der Waals surface area contributed by atoms with E-state index < -0.39 is 0 Å². The third kappa shape index (κ3) is 3.96. The Morgan fingerprint density at radius 3 is 2.74 bits per heavy atom. The Bertz CT molecular complexity index is 1440. The number of hydrogen-bond acceptors (Lipinski definition) is 7. The van der Waals surface area contributed by atoms with Gasteiger partial charge in [0.05, 0.1) is 23.3 Å². The smallest absolute Gasteiger partial charge is 0.229 e. The Balaban J connectivity index is 1.40. The van der Waals surface area contributed by atoms with Gasteiger partial charge in [-0.05, 0) is 54.0 Å². The number of aromatic nitrogens is 5. The summed E-state index contributed by atoms with van der Waals surface area (Å²) in [5, 5.41) is 11.7. The molecule has 0 unspecified atom stereocenters. The maximum absolute atomic E-state index is 12.8. The second kappa shape index (κ2) is 8.26. The molecule has 0 aliphatic heterocycles. The molecular weight excluding hydrogens is 428 g/mol. The van der Waals surface area contributed by atoms with Crippen molar-refractivity contribution in [2.24, 2.45) is 13.0 Å². The van der Waals surface area contributed by atoms with Crippen LogP contribution < -0.4 is 16.4 Å². The van der Waals surface area contributed by atoms with Gasteiger partial charge in [0, 0.05) is 49.6 Å². The lowest BCUT2D eigenvalue weighted by Gasteiger charge is -2.12. The summed E-state index contributed by atoms with van der Waals surface area (Å²) in [6.45, 7) is 5.96. The van der Waals surface area contributed by atoms with Crippen molar-refractivity contribution in [3.8, 4) is 11.3 Å². The van der Waals surface area contributed by atoms with Gasteiger partial charge in [0.2, 0.25) is 5.91 Å². The number of rotatable bonds is 6. The summed E-state index contributed by atoms with van der Waals surface area (Å²) in [4.78, 5) is 26.2. The van der Waals surface area contributed by atoms with Gasteiger partial charge in [0.15, 0.2) is 0 Å².